The smallest absolute Gasteiger partial charge is 0.414 e. The molecule has 2 aromatic carbocycles. The predicted molar refractivity (Wildman–Crippen MR) is 126 cm³/mol. The van der Waals surface area contributed by atoms with Crippen molar-refractivity contribution >= 4 is 40.6 Å². The molecular formula is C23H22F4N4O4S. The van der Waals surface area contributed by atoms with E-state index in [2.05, 4.69) is 0 Å². The number of halogens is 4. The number of ether oxygens (including phenoxy) is 1. The number of nitrogens with zero attached hydrogens (tertiary/aromatic N) is 3. The van der Waals surface area contributed by atoms with E-state index in [4.69, 9.17) is 21.8 Å². The summed E-state index contributed by atoms with van der Waals surface area (Å²) in [7, 11) is 0. The molecule has 0 saturated carbocycles. The standard InChI is InChI=1S/C23H22F4N4O4S/c24-17-10-15(30-13-16(35-23(30)33)12-28-21(32)20(26)27)11-18(25)19(17)29-6-7-31(34-9-8-29)22(36)14-4-2-1-3-5-14/h1-5,10-11,16,20H,6-9,12-13H2,(H,28,32). The second-order valence-corrected chi connectivity index (χ2v) is 8.40. The molecule has 36 heavy (non-hydrogen) atoms. The first-order chi connectivity index (χ1) is 17.2. The van der Waals surface area contributed by atoms with Crippen LogP contribution in [0.2, 0.25) is 0 Å². The number of hydroxylamine groups is 2. The van der Waals surface area contributed by atoms with E-state index in [1.807, 2.05) is 35.6 Å². The molecule has 8 nitrogen and oxygen atoms in total. The van der Waals surface area contributed by atoms with Crippen molar-refractivity contribution in [2.75, 3.05) is 49.1 Å². The zero-order chi connectivity index (χ0) is 25.8. The molecule has 0 aliphatic carbocycles. The fraction of sp³-hybridized carbons (Fsp3) is 0.348. The Morgan fingerprint density at radius 2 is 1.81 bits per heavy atom. The van der Waals surface area contributed by atoms with Crippen molar-refractivity contribution < 1.29 is 36.7 Å². The van der Waals surface area contributed by atoms with Gasteiger partial charge in [-0.1, -0.05) is 42.5 Å². The molecule has 0 radical (unpaired) electrons. The lowest BCUT2D eigenvalue weighted by molar-refractivity contribution is -0.132. The molecule has 0 bridgehead atoms. The predicted octanol–water partition coefficient (Wildman–Crippen LogP) is 3.10. The maximum Gasteiger partial charge on any atom is 0.414 e. The molecule has 1 unspecified atom stereocenters. The lowest BCUT2D eigenvalue weighted by Gasteiger charge is -2.25. The lowest BCUT2D eigenvalue weighted by Crippen LogP contribution is -2.37. The van der Waals surface area contributed by atoms with Gasteiger partial charge < -0.3 is 15.0 Å². The number of carbonyl (C=O) groups is 2. The van der Waals surface area contributed by atoms with Crippen molar-refractivity contribution in [1.29, 1.82) is 0 Å². The van der Waals surface area contributed by atoms with Gasteiger partial charge in [0, 0.05) is 30.8 Å². The van der Waals surface area contributed by atoms with Crippen LogP contribution < -0.4 is 15.1 Å². The topological polar surface area (TPSA) is 74.4 Å². The number of hydrogen-bond acceptors (Lipinski definition) is 6. The number of benzene rings is 2. The minimum atomic E-state index is -3.21. The number of anilines is 2. The highest BCUT2D eigenvalue weighted by molar-refractivity contribution is 7.80. The number of nitrogens with one attached hydrogen (secondary N) is 1. The average molecular weight is 527 g/mol. The van der Waals surface area contributed by atoms with Gasteiger partial charge in [0.1, 0.15) is 16.8 Å². The summed E-state index contributed by atoms with van der Waals surface area (Å²) in [5, 5.41) is 3.46. The first-order valence-corrected chi connectivity index (χ1v) is 11.4. The van der Waals surface area contributed by atoms with E-state index in [-0.39, 0.29) is 50.7 Å². The third-order valence-corrected chi connectivity index (χ3v) is 6.07. The van der Waals surface area contributed by atoms with Gasteiger partial charge in [-0.3, -0.25) is 14.5 Å². The normalized spacial score (nSPS) is 18.3. The first-order valence-electron chi connectivity index (χ1n) is 11.0. The van der Waals surface area contributed by atoms with Crippen molar-refractivity contribution in [1.82, 2.24) is 10.4 Å². The van der Waals surface area contributed by atoms with Crippen molar-refractivity contribution in [2.45, 2.75) is 12.5 Å². The van der Waals surface area contributed by atoms with Gasteiger partial charge in [0.15, 0.2) is 11.6 Å². The molecule has 2 fully saturated rings. The molecule has 0 aromatic heterocycles. The van der Waals surface area contributed by atoms with E-state index < -0.39 is 36.2 Å². The average Bonchev–Trinajstić information content (AvgIpc) is 3.06. The summed E-state index contributed by atoms with van der Waals surface area (Å²) in [6.45, 7) is 0.279. The van der Waals surface area contributed by atoms with Crippen molar-refractivity contribution in [3.63, 3.8) is 0 Å². The number of thiocarbonyl (C=S) groups is 1. The lowest BCUT2D eigenvalue weighted by atomic mass is 10.2. The van der Waals surface area contributed by atoms with Gasteiger partial charge in [-0.25, -0.2) is 18.6 Å². The maximum atomic E-state index is 15.1. The number of rotatable bonds is 6. The van der Waals surface area contributed by atoms with Gasteiger partial charge in [-0.05, 0) is 0 Å². The molecule has 2 saturated heterocycles. The summed E-state index contributed by atoms with van der Waals surface area (Å²) in [6.07, 6.45) is -5.07. The summed E-state index contributed by atoms with van der Waals surface area (Å²) < 4.78 is 59.8. The minimum Gasteiger partial charge on any atom is -0.442 e. The van der Waals surface area contributed by atoms with Crippen LogP contribution in [0.15, 0.2) is 42.5 Å². The monoisotopic (exact) mass is 526 g/mol. The van der Waals surface area contributed by atoms with Gasteiger partial charge in [-0.15, -0.1) is 0 Å². The number of carbonyl (C=O) groups excluding carboxylic acids is 2. The van der Waals surface area contributed by atoms with Crippen LogP contribution in [0.4, 0.5) is 33.7 Å². The third-order valence-electron chi connectivity index (χ3n) is 5.63. The first kappa shape index (κ1) is 25.6. The van der Waals surface area contributed by atoms with Gasteiger partial charge in [0.05, 0.1) is 31.9 Å². The summed E-state index contributed by atoms with van der Waals surface area (Å²) in [6, 6.07) is 11.2. The highest BCUT2D eigenvalue weighted by atomic mass is 32.1. The Hall–Kier alpha value is -3.45. The number of cyclic esters (lactones) is 1. The molecule has 0 spiro atoms. The molecular weight excluding hydrogens is 504 g/mol. The fourth-order valence-electron chi connectivity index (χ4n) is 3.90. The van der Waals surface area contributed by atoms with Crippen LogP contribution >= 0.6 is 12.2 Å². The Balaban J connectivity index is 1.43. The molecule has 2 aliphatic heterocycles. The Morgan fingerprint density at radius 1 is 1.11 bits per heavy atom. The van der Waals surface area contributed by atoms with E-state index >= 15 is 8.78 Å². The number of alkyl halides is 2. The maximum absolute atomic E-state index is 15.1. The van der Waals surface area contributed by atoms with Crippen LogP contribution in [0, 0.1) is 11.6 Å². The molecule has 2 amide bonds. The van der Waals surface area contributed by atoms with E-state index in [1.165, 1.54) is 9.96 Å². The molecule has 2 aliphatic rings. The van der Waals surface area contributed by atoms with Gasteiger partial charge in [-0.2, -0.15) is 8.78 Å². The Kier molecular flexibility index (Phi) is 7.89. The van der Waals surface area contributed by atoms with E-state index in [1.54, 1.807) is 0 Å². The van der Waals surface area contributed by atoms with Gasteiger partial charge in [0.2, 0.25) is 0 Å². The van der Waals surface area contributed by atoms with Crippen LogP contribution in [0.1, 0.15) is 5.56 Å². The van der Waals surface area contributed by atoms with Crippen LogP contribution in [0.5, 0.6) is 0 Å². The molecule has 13 heteroatoms. The Labute approximate surface area is 209 Å². The molecule has 1 N–H and O–H groups in total. The van der Waals surface area contributed by atoms with Crippen LogP contribution in [-0.4, -0.2) is 73.9 Å². The molecule has 4 rings (SSSR count). The SMILES string of the molecule is O=C(NCC1CN(c2cc(F)c(N3CCON(C(=S)c4ccccc4)CC3)c(F)c2)C(=O)O1)C(F)F. The van der Waals surface area contributed by atoms with Crippen LogP contribution in [0.25, 0.3) is 0 Å². The minimum absolute atomic E-state index is 0.0978. The summed E-state index contributed by atoms with van der Waals surface area (Å²) >= 11 is 5.48. The van der Waals surface area contributed by atoms with Crippen LogP contribution in [0.3, 0.4) is 0 Å². The number of hydrogen-bond donors (Lipinski definition) is 1. The zero-order valence-electron chi connectivity index (χ0n) is 18.8. The zero-order valence-corrected chi connectivity index (χ0v) is 19.7. The van der Waals surface area contributed by atoms with E-state index in [0.29, 0.717) is 4.99 Å². The van der Waals surface area contributed by atoms with E-state index in [9.17, 15) is 18.4 Å². The summed E-state index contributed by atoms with van der Waals surface area (Å²) in [5.41, 5.74) is 0.412. The van der Waals surface area contributed by atoms with Crippen molar-refractivity contribution in [3.05, 3.63) is 59.7 Å². The second kappa shape index (κ2) is 11.1. The molecule has 2 heterocycles. The van der Waals surface area contributed by atoms with Crippen molar-refractivity contribution in [3.8, 4) is 0 Å². The molecule has 1 atom stereocenters. The molecule has 2 aromatic rings. The van der Waals surface area contributed by atoms with Gasteiger partial charge >= 0.3 is 12.5 Å². The third kappa shape index (κ3) is 5.68. The summed E-state index contributed by atoms with van der Waals surface area (Å²) in [5.74, 6) is -3.30. The molecule has 192 valence electrons. The highest BCUT2D eigenvalue weighted by Crippen LogP contribution is 2.31. The largest absolute Gasteiger partial charge is 0.442 e. The second-order valence-electron chi connectivity index (χ2n) is 8.01. The number of amides is 2. The van der Waals surface area contributed by atoms with Crippen molar-refractivity contribution in [2.24, 2.45) is 0 Å². The van der Waals surface area contributed by atoms with E-state index in [0.717, 1.165) is 22.6 Å². The Bertz CT molecular complexity index is 1120. The summed E-state index contributed by atoms with van der Waals surface area (Å²) in [4.78, 5) is 31.8. The fourth-order valence-corrected chi connectivity index (χ4v) is 4.18. The van der Waals surface area contributed by atoms with Gasteiger partial charge in [0.25, 0.3) is 5.91 Å². The quantitative estimate of drug-likeness (QED) is 0.458. The highest BCUT2D eigenvalue weighted by Gasteiger charge is 2.34. The Morgan fingerprint density at radius 3 is 2.47 bits per heavy atom. The van der Waals surface area contributed by atoms with Crippen LogP contribution in [-0.2, 0) is 14.4 Å².